The van der Waals surface area contributed by atoms with E-state index in [4.69, 9.17) is 4.74 Å². The minimum atomic E-state index is -0.434. The maximum atomic E-state index is 12.5. The van der Waals surface area contributed by atoms with E-state index in [1.165, 1.54) is 0 Å². The van der Waals surface area contributed by atoms with E-state index < -0.39 is 6.67 Å². The maximum Gasteiger partial charge on any atom is 0.255 e. The smallest absolute Gasteiger partial charge is 0.255 e. The molecule has 0 saturated carbocycles. The molecule has 5 nitrogen and oxygen atoms in total. The van der Waals surface area contributed by atoms with Crippen molar-refractivity contribution in [2.24, 2.45) is 7.05 Å². The van der Waals surface area contributed by atoms with Gasteiger partial charge in [0.2, 0.25) is 0 Å². The van der Waals surface area contributed by atoms with Gasteiger partial charge in [0, 0.05) is 44.5 Å². The number of morpholine rings is 1. The van der Waals surface area contributed by atoms with E-state index in [-0.39, 0.29) is 12.1 Å². The summed E-state index contributed by atoms with van der Waals surface area (Å²) in [6, 6.07) is 8.07. The van der Waals surface area contributed by atoms with Crippen molar-refractivity contribution in [1.29, 1.82) is 0 Å². The first-order chi connectivity index (χ1) is 11.2. The minimum absolute atomic E-state index is 0.0389. The van der Waals surface area contributed by atoms with Crippen molar-refractivity contribution < 1.29 is 9.13 Å². The van der Waals surface area contributed by atoms with Crippen molar-refractivity contribution in [3.05, 3.63) is 40.2 Å². The lowest BCUT2D eigenvalue weighted by Crippen LogP contribution is -2.36. The summed E-state index contributed by atoms with van der Waals surface area (Å²) in [4.78, 5) is 14.7. The molecule has 0 bridgehead atoms. The van der Waals surface area contributed by atoms with Crippen LogP contribution in [0.3, 0.4) is 0 Å². The summed E-state index contributed by atoms with van der Waals surface area (Å²) < 4.78 is 19.2. The van der Waals surface area contributed by atoms with Gasteiger partial charge in [0.25, 0.3) is 5.56 Å². The number of nitrogens with zero attached hydrogens (tertiary/aromatic N) is 2. The standard InChI is InChI=1S/C17H22FN3O2/c1-20-16-11-15(21-6-8-23-9-7-21)3-2-13(16)10-14(17(20)22)12-19-5-4-18/h2-3,10-11,19H,4-9,12H2,1H3. The number of pyridine rings is 1. The molecule has 6 heteroatoms. The molecule has 2 aromatic rings. The first-order valence-corrected chi connectivity index (χ1v) is 7.93. The third-order valence-corrected chi connectivity index (χ3v) is 4.25. The van der Waals surface area contributed by atoms with Gasteiger partial charge in [0.05, 0.1) is 18.7 Å². The van der Waals surface area contributed by atoms with Gasteiger partial charge in [-0.05, 0) is 23.6 Å². The van der Waals surface area contributed by atoms with Gasteiger partial charge in [-0.2, -0.15) is 0 Å². The molecule has 0 radical (unpaired) electrons. The van der Waals surface area contributed by atoms with Crippen LogP contribution in [0, 0.1) is 0 Å². The summed E-state index contributed by atoms with van der Waals surface area (Å²) in [5, 5.41) is 3.95. The average Bonchev–Trinajstić information content (AvgIpc) is 2.60. The topological polar surface area (TPSA) is 46.5 Å². The van der Waals surface area contributed by atoms with Crippen LogP contribution in [0.2, 0.25) is 0 Å². The minimum Gasteiger partial charge on any atom is -0.378 e. The number of halogens is 1. The fourth-order valence-electron chi connectivity index (χ4n) is 2.95. The molecular weight excluding hydrogens is 297 g/mol. The zero-order valence-electron chi connectivity index (χ0n) is 13.3. The van der Waals surface area contributed by atoms with E-state index in [0.717, 1.165) is 42.9 Å². The Hall–Kier alpha value is -1.92. The molecule has 1 aliphatic heterocycles. The van der Waals surface area contributed by atoms with E-state index >= 15 is 0 Å². The Bertz CT molecular complexity index is 738. The Morgan fingerprint density at radius 3 is 2.78 bits per heavy atom. The van der Waals surface area contributed by atoms with Gasteiger partial charge in [-0.15, -0.1) is 0 Å². The molecule has 0 aliphatic carbocycles. The molecule has 1 fully saturated rings. The van der Waals surface area contributed by atoms with Crippen molar-refractivity contribution >= 4 is 16.6 Å². The Morgan fingerprint density at radius 1 is 1.26 bits per heavy atom. The highest BCUT2D eigenvalue weighted by atomic mass is 19.1. The second kappa shape index (κ2) is 7.10. The number of aryl methyl sites for hydroxylation is 1. The SMILES string of the molecule is Cn1c(=O)c(CNCCF)cc2ccc(N3CCOCC3)cc21. The number of nitrogens with one attached hydrogen (secondary N) is 1. The predicted octanol–water partition coefficient (Wildman–Crippen LogP) is 1.43. The molecule has 23 heavy (non-hydrogen) atoms. The van der Waals surface area contributed by atoms with E-state index in [1.54, 1.807) is 11.6 Å². The monoisotopic (exact) mass is 319 g/mol. The number of benzene rings is 1. The lowest BCUT2D eigenvalue weighted by Gasteiger charge is -2.29. The molecule has 1 aromatic heterocycles. The van der Waals surface area contributed by atoms with Gasteiger partial charge in [-0.1, -0.05) is 6.07 Å². The van der Waals surface area contributed by atoms with Crippen LogP contribution in [0.5, 0.6) is 0 Å². The largest absolute Gasteiger partial charge is 0.378 e. The zero-order valence-corrected chi connectivity index (χ0v) is 13.3. The Labute approximate surface area is 134 Å². The molecule has 0 atom stereocenters. The van der Waals surface area contributed by atoms with Crippen molar-refractivity contribution in [2.45, 2.75) is 6.54 Å². The van der Waals surface area contributed by atoms with Gasteiger partial charge < -0.3 is 19.5 Å². The number of hydrogen-bond acceptors (Lipinski definition) is 4. The third-order valence-electron chi connectivity index (χ3n) is 4.25. The molecular formula is C17H22FN3O2. The number of rotatable bonds is 5. The normalized spacial score (nSPS) is 15.3. The number of fused-ring (bicyclic) bond motifs is 1. The van der Waals surface area contributed by atoms with Crippen LogP contribution in [0.4, 0.5) is 10.1 Å². The summed E-state index contributed by atoms with van der Waals surface area (Å²) in [5.74, 6) is 0. The quantitative estimate of drug-likeness (QED) is 0.847. The lowest BCUT2D eigenvalue weighted by atomic mass is 10.1. The fourth-order valence-corrected chi connectivity index (χ4v) is 2.95. The third kappa shape index (κ3) is 3.38. The van der Waals surface area contributed by atoms with Crippen LogP contribution in [0.15, 0.2) is 29.1 Å². The van der Waals surface area contributed by atoms with Crippen LogP contribution in [0.25, 0.3) is 10.9 Å². The van der Waals surface area contributed by atoms with E-state index in [2.05, 4.69) is 22.3 Å². The first kappa shape index (κ1) is 16.0. The van der Waals surface area contributed by atoms with Crippen LogP contribution in [-0.4, -0.2) is 44.1 Å². The van der Waals surface area contributed by atoms with Crippen molar-refractivity contribution in [2.75, 3.05) is 44.4 Å². The van der Waals surface area contributed by atoms with Crippen LogP contribution in [-0.2, 0) is 18.3 Å². The molecule has 0 amide bonds. The molecule has 0 spiro atoms. The number of aromatic nitrogens is 1. The molecule has 2 heterocycles. The predicted molar refractivity (Wildman–Crippen MR) is 89.9 cm³/mol. The van der Waals surface area contributed by atoms with Gasteiger partial charge in [-0.25, -0.2) is 4.39 Å². The number of ether oxygens (including phenoxy) is 1. The Balaban J connectivity index is 1.94. The molecule has 1 saturated heterocycles. The summed E-state index contributed by atoms with van der Waals surface area (Å²) in [5.41, 5.74) is 2.64. The zero-order chi connectivity index (χ0) is 16.2. The van der Waals surface area contributed by atoms with Crippen LogP contribution in [0.1, 0.15) is 5.56 Å². The molecule has 3 rings (SSSR count). The van der Waals surface area contributed by atoms with Crippen molar-refractivity contribution in [3.63, 3.8) is 0 Å². The summed E-state index contributed by atoms with van der Waals surface area (Å²) in [6.45, 7) is 3.41. The Kier molecular flexibility index (Phi) is 4.93. The summed E-state index contributed by atoms with van der Waals surface area (Å²) in [6.07, 6.45) is 0. The summed E-state index contributed by atoms with van der Waals surface area (Å²) in [7, 11) is 1.78. The average molecular weight is 319 g/mol. The first-order valence-electron chi connectivity index (χ1n) is 7.93. The summed E-state index contributed by atoms with van der Waals surface area (Å²) >= 11 is 0. The van der Waals surface area contributed by atoms with Gasteiger partial charge in [-0.3, -0.25) is 4.79 Å². The highest BCUT2D eigenvalue weighted by molar-refractivity contribution is 5.83. The van der Waals surface area contributed by atoms with Gasteiger partial charge in [0.1, 0.15) is 6.67 Å². The van der Waals surface area contributed by atoms with Crippen LogP contribution < -0.4 is 15.8 Å². The molecule has 1 aliphatic rings. The molecule has 1 N–H and O–H groups in total. The molecule has 1 aromatic carbocycles. The van der Waals surface area contributed by atoms with Crippen molar-refractivity contribution in [3.8, 4) is 0 Å². The van der Waals surface area contributed by atoms with Gasteiger partial charge >= 0.3 is 0 Å². The molecule has 0 unspecified atom stereocenters. The van der Waals surface area contributed by atoms with Crippen LogP contribution >= 0.6 is 0 Å². The number of anilines is 1. The van der Waals surface area contributed by atoms with E-state index in [0.29, 0.717) is 12.1 Å². The van der Waals surface area contributed by atoms with Gasteiger partial charge in [0.15, 0.2) is 0 Å². The highest BCUT2D eigenvalue weighted by Gasteiger charge is 2.13. The Morgan fingerprint density at radius 2 is 2.04 bits per heavy atom. The maximum absolute atomic E-state index is 12.5. The molecule has 124 valence electrons. The lowest BCUT2D eigenvalue weighted by molar-refractivity contribution is 0.122. The highest BCUT2D eigenvalue weighted by Crippen LogP contribution is 2.22. The fraction of sp³-hybridized carbons (Fsp3) is 0.471. The van der Waals surface area contributed by atoms with E-state index in [1.807, 2.05) is 12.1 Å². The van der Waals surface area contributed by atoms with E-state index in [9.17, 15) is 9.18 Å². The number of alkyl halides is 1. The van der Waals surface area contributed by atoms with Crippen molar-refractivity contribution in [1.82, 2.24) is 9.88 Å². The second-order valence-electron chi connectivity index (χ2n) is 5.74. The number of hydrogen-bond donors (Lipinski definition) is 1. The second-order valence-corrected chi connectivity index (χ2v) is 5.74.